The van der Waals surface area contributed by atoms with E-state index >= 15 is 4.79 Å². The Balaban J connectivity index is 0.921. The van der Waals surface area contributed by atoms with E-state index in [1.54, 1.807) is 6.92 Å². The molecule has 5 aliphatic heterocycles. The summed E-state index contributed by atoms with van der Waals surface area (Å²) in [5.74, 6) is -2.41. The molecule has 1 spiro atoms. The molecule has 0 aromatic rings. The fourth-order valence-corrected chi connectivity index (χ4v) is 16.9. The van der Waals surface area contributed by atoms with Crippen LogP contribution in [-0.4, -0.2) is 331 Å². The monoisotopic (exact) mass is 1290 g/mol. The molecule has 89 heavy (non-hydrogen) atoms. The summed E-state index contributed by atoms with van der Waals surface area (Å²) >= 11 is 0. The topological polar surface area (TPSA) is 523 Å². The molecule has 512 valence electrons. The molecule has 2 bridgehead atoms. The van der Waals surface area contributed by atoms with Crippen molar-refractivity contribution < 1.29 is 159 Å². The maximum atomic E-state index is 15.4. The van der Waals surface area contributed by atoms with Gasteiger partial charge in [-0.3, -0.25) is 4.79 Å². The van der Waals surface area contributed by atoms with Crippen LogP contribution in [0.25, 0.3) is 0 Å². The normalized spacial score (nSPS) is 54.5. The Bertz CT molecular complexity index is 2390. The molecule has 10 rings (SSSR count). The molecule has 32 heteroatoms. The van der Waals surface area contributed by atoms with Gasteiger partial charge in [-0.25, -0.2) is 0 Å². The first-order valence-corrected chi connectivity index (χ1v) is 30.8. The molecule has 32 nitrogen and oxygen atoms in total. The molecule has 10 fully saturated rings. The van der Waals surface area contributed by atoms with E-state index in [0.29, 0.717) is 56.9 Å². The molecule has 5 heterocycles. The number of carbonyl (C=O) groups is 1. The van der Waals surface area contributed by atoms with Gasteiger partial charge in [0, 0.05) is 12.5 Å². The number of ether oxygens (including phenoxy) is 11. The van der Waals surface area contributed by atoms with E-state index in [9.17, 15) is 102 Å². The van der Waals surface area contributed by atoms with Crippen LogP contribution in [0.1, 0.15) is 78.1 Å². The van der Waals surface area contributed by atoms with Crippen molar-refractivity contribution in [1.82, 2.24) is 0 Å². The van der Waals surface area contributed by atoms with E-state index < -0.39 is 257 Å². The number of hydrogen-bond acceptors (Lipinski definition) is 32. The van der Waals surface area contributed by atoms with Gasteiger partial charge in [-0.2, -0.15) is 0 Å². The van der Waals surface area contributed by atoms with Crippen LogP contribution < -0.4 is 0 Å². The van der Waals surface area contributed by atoms with Gasteiger partial charge in [0.1, 0.15) is 134 Å². The highest BCUT2D eigenvalue weighted by atomic mass is 16.8. The lowest BCUT2D eigenvalue weighted by atomic mass is 9.41. The maximum Gasteiger partial charge on any atom is 0.314 e. The van der Waals surface area contributed by atoms with Gasteiger partial charge in [-0.1, -0.05) is 19.9 Å². The van der Waals surface area contributed by atoms with Crippen LogP contribution in [0.4, 0.5) is 0 Å². The highest BCUT2D eigenvalue weighted by Gasteiger charge is 2.70. The minimum Gasteiger partial charge on any atom is -0.432 e. The summed E-state index contributed by atoms with van der Waals surface area (Å²) in [6.07, 6.45) is -48.8. The number of carbonyl (C=O) groups excluding carboxylic acids is 1. The van der Waals surface area contributed by atoms with Crippen LogP contribution in [0.5, 0.6) is 0 Å². The number of rotatable bonds is 18. The molecule has 0 amide bonds. The minimum absolute atomic E-state index is 0.138. The van der Waals surface area contributed by atoms with Gasteiger partial charge in [0.05, 0.1) is 56.3 Å². The zero-order valence-corrected chi connectivity index (χ0v) is 49.3. The summed E-state index contributed by atoms with van der Waals surface area (Å²) in [6.45, 7) is 3.37. The van der Waals surface area contributed by atoms with Gasteiger partial charge in [0.15, 0.2) is 25.2 Å². The molecular formula is C57H92O32. The Morgan fingerprint density at radius 3 is 1.37 bits per heavy atom. The first-order valence-electron chi connectivity index (χ1n) is 30.8. The second kappa shape index (κ2) is 27.3. The molecule has 5 saturated heterocycles. The average Bonchev–Trinajstić information content (AvgIpc) is 1.62. The van der Waals surface area contributed by atoms with Crippen LogP contribution in [0, 0.1) is 34.0 Å². The molecule has 5 aliphatic carbocycles. The summed E-state index contributed by atoms with van der Waals surface area (Å²) < 4.78 is 67.7. The third-order valence-corrected chi connectivity index (χ3v) is 21.8. The SMILES string of the molecule is C=C1C[C@@]23CCC4[C@](C)(C(=O)OC5OC(CO)C(O)C(OC6OC(CO)C(O)C(O)C6O)C5OC5CC(CO)C(O)C(O)C5O)CCC[C@@]4(C)[C@@H]2CCC1(OC1OC(CO)C(O)C(OC2OC(CO)C(O)C(O)C2O)C1OC1OC(CO)C(O)C(O)C1O)C3. The van der Waals surface area contributed by atoms with Crippen molar-refractivity contribution in [2.75, 3.05) is 39.6 Å². The second-order valence-electron chi connectivity index (χ2n) is 26.9. The third-order valence-electron chi connectivity index (χ3n) is 21.8. The van der Waals surface area contributed by atoms with Crippen molar-refractivity contribution in [2.24, 2.45) is 34.0 Å². The Labute approximate surface area is 511 Å². The van der Waals surface area contributed by atoms with Crippen molar-refractivity contribution in [3.63, 3.8) is 0 Å². The molecule has 0 aromatic carbocycles. The largest absolute Gasteiger partial charge is 0.432 e. The first kappa shape index (κ1) is 69.8. The smallest absolute Gasteiger partial charge is 0.314 e. The summed E-state index contributed by atoms with van der Waals surface area (Å²) in [4.78, 5) is 15.4. The van der Waals surface area contributed by atoms with Crippen LogP contribution >= 0.6 is 0 Å². The van der Waals surface area contributed by atoms with Crippen molar-refractivity contribution >= 4 is 5.97 Å². The molecule has 0 aromatic heterocycles. The fourth-order valence-electron chi connectivity index (χ4n) is 16.9. The molecule has 5 saturated carbocycles. The van der Waals surface area contributed by atoms with Crippen LogP contribution in [0.15, 0.2) is 12.2 Å². The van der Waals surface area contributed by atoms with E-state index in [4.69, 9.17) is 52.1 Å². The number of esters is 1. The van der Waals surface area contributed by atoms with Crippen LogP contribution in [0.3, 0.4) is 0 Å². The number of aliphatic hydroxyl groups is 20. The van der Waals surface area contributed by atoms with Crippen molar-refractivity contribution in [2.45, 2.75) is 262 Å². The molecular weight excluding hydrogens is 1200 g/mol. The summed E-state index contributed by atoms with van der Waals surface area (Å²) in [5.41, 5.74) is -3.15. The van der Waals surface area contributed by atoms with E-state index in [2.05, 4.69) is 13.5 Å². The maximum absolute atomic E-state index is 15.4. The van der Waals surface area contributed by atoms with Crippen molar-refractivity contribution in [3.8, 4) is 0 Å². The number of aliphatic hydroxyl groups excluding tert-OH is 20. The molecule has 0 radical (unpaired) electrons. The lowest BCUT2D eigenvalue weighted by Gasteiger charge is -2.64. The highest BCUT2D eigenvalue weighted by molar-refractivity contribution is 5.77. The number of hydrogen-bond donors (Lipinski definition) is 20. The first-order chi connectivity index (χ1) is 42.1. The van der Waals surface area contributed by atoms with E-state index in [0.717, 1.165) is 0 Å². The predicted molar refractivity (Wildman–Crippen MR) is 288 cm³/mol. The third kappa shape index (κ3) is 12.3. The molecule has 36 atom stereocenters. The van der Waals surface area contributed by atoms with Crippen LogP contribution in [0.2, 0.25) is 0 Å². The summed E-state index contributed by atoms with van der Waals surface area (Å²) in [5, 5.41) is 215. The standard InChI is InChI=1S/C57H92O32/c1-20-12-56-9-5-28-54(2,7-4-8-55(28,3)53(78)88-51-46(79-22-11-21(13-58)30(64)37(71)31(22)65)44(35(69)26(17-62)83-51)85-48-41(75)38(72)32(66)23(14-59)80-48)29(56)6-10-57(20,19-56)89-52-47(87-50-43(77)40(74)34(68)25(16-61)82-50)45(36(70)27(18-63)84-52)86-49-42(76)39(73)33(67)24(15-60)81-49/h21-52,58-77H,1,4-19H2,2-3H3/t21?,22?,23?,24?,25?,26?,27?,28?,29-,30?,31?,32?,33?,34?,35?,36?,37?,38?,39?,40?,41?,42?,43?,44?,45?,46?,47?,48?,49?,50?,51?,52?,54+,55+,56+,57?/m0/s1. The molecule has 32 unspecified atom stereocenters. The van der Waals surface area contributed by atoms with Gasteiger partial charge < -0.3 is 154 Å². The van der Waals surface area contributed by atoms with Gasteiger partial charge in [0.2, 0.25) is 6.29 Å². The zero-order valence-electron chi connectivity index (χ0n) is 49.3. The van der Waals surface area contributed by atoms with Gasteiger partial charge in [-0.15, -0.1) is 0 Å². The Hall–Kier alpha value is -1.99. The summed E-state index contributed by atoms with van der Waals surface area (Å²) in [6, 6.07) is 0. The molecule has 20 N–H and O–H groups in total. The Kier molecular flexibility index (Phi) is 21.4. The lowest BCUT2D eigenvalue weighted by Crippen LogP contribution is -2.68. The van der Waals surface area contributed by atoms with Crippen molar-refractivity contribution in [3.05, 3.63) is 12.2 Å². The van der Waals surface area contributed by atoms with Gasteiger partial charge >= 0.3 is 5.97 Å². The van der Waals surface area contributed by atoms with Gasteiger partial charge in [-0.05, 0) is 93.0 Å². The average molecular weight is 1290 g/mol. The minimum atomic E-state index is -2.03. The summed E-state index contributed by atoms with van der Waals surface area (Å²) in [7, 11) is 0. The quantitative estimate of drug-likeness (QED) is 0.0344. The van der Waals surface area contributed by atoms with Gasteiger partial charge in [0.25, 0.3) is 0 Å². The van der Waals surface area contributed by atoms with E-state index in [1.807, 2.05) is 0 Å². The Morgan fingerprint density at radius 1 is 0.461 bits per heavy atom. The van der Waals surface area contributed by atoms with E-state index in [-0.39, 0.29) is 18.8 Å². The second-order valence-corrected chi connectivity index (χ2v) is 26.9. The lowest BCUT2D eigenvalue weighted by molar-refractivity contribution is -0.400. The highest BCUT2D eigenvalue weighted by Crippen LogP contribution is 2.74. The fraction of sp³-hybridized carbons (Fsp3) is 0.947. The Morgan fingerprint density at radius 2 is 0.888 bits per heavy atom. The van der Waals surface area contributed by atoms with Crippen molar-refractivity contribution in [1.29, 1.82) is 0 Å². The predicted octanol–water partition coefficient (Wildman–Crippen LogP) is -8.80. The number of fused-ring (bicyclic) bond motifs is 3. The zero-order chi connectivity index (χ0) is 64.7. The van der Waals surface area contributed by atoms with Crippen LogP contribution in [-0.2, 0) is 56.9 Å². The van der Waals surface area contributed by atoms with E-state index in [1.165, 1.54) is 0 Å². The molecule has 10 aliphatic rings.